The van der Waals surface area contributed by atoms with Crippen LogP contribution in [0, 0.1) is 40.4 Å². The Morgan fingerprint density at radius 1 is 1.11 bits per heavy atom. The third kappa shape index (κ3) is 3.29. The number of rotatable bonds is 4. The Balaban J connectivity index is 1.55. The second kappa shape index (κ2) is 7.08. The zero-order valence-electron chi connectivity index (χ0n) is 19.1. The van der Waals surface area contributed by atoms with Crippen molar-refractivity contribution in [1.29, 1.82) is 0 Å². The number of carbonyl (C=O) groups is 1. The fourth-order valence-corrected chi connectivity index (χ4v) is 9.43. The maximum Gasteiger partial charge on any atom is 0.184 e. The van der Waals surface area contributed by atoms with Gasteiger partial charge in [-0.15, -0.1) is 0 Å². The Labute approximate surface area is 174 Å². The summed E-state index contributed by atoms with van der Waals surface area (Å²) < 4.78 is 6.51. The molecule has 0 aromatic heterocycles. The van der Waals surface area contributed by atoms with Gasteiger partial charge in [0, 0.05) is 12.0 Å². The smallest absolute Gasteiger partial charge is 0.184 e. The van der Waals surface area contributed by atoms with Crippen molar-refractivity contribution in [2.75, 3.05) is 0 Å². The molecule has 4 rings (SSSR count). The molecule has 2 nitrogen and oxygen atoms in total. The maximum atomic E-state index is 11.5. The Bertz CT molecular complexity index is 649. The SMILES string of the molecule is C[C@H](C=O)[C@H]1CC[C@H]2[C@@H]3CC=C4C[C@@H](O[Si](C)(C)C)CC[C@]4(C)[C@H]3CC[C@]12C. The summed E-state index contributed by atoms with van der Waals surface area (Å²) in [6, 6.07) is 0. The molecule has 0 aromatic carbocycles. The summed E-state index contributed by atoms with van der Waals surface area (Å²) in [7, 11) is -1.47. The molecule has 0 radical (unpaired) electrons. The molecule has 158 valence electrons. The van der Waals surface area contributed by atoms with E-state index in [1.165, 1.54) is 57.7 Å². The summed E-state index contributed by atoms with van der Waals surface area (Å²) >= 11 is 0. The Morgan fingerprint density at radius 2 is 1.86 bits per heavy atom. The minimum Gasteiger partial charge on any atom is -0.414 e. The Kier molecular flexibility index (Phi) is 5.27. The van der Waals surface area contributed by atoms with E-state index in [1.54, 1.807) is 5.57 Å². The molecule has 3 saturated carbocycles. The van der Waals surface area contributed by atoms with E-state index in [9.17, 15) is 4.79 Å². The highest BCUT2D eigenvalue weighted by Gasteiger charge is 2.59. The van der Waals surface area contributed by atoms with Crippen molar-refractivity contribution in [3.8, 4) is 0 Å². The zero-order valence-corrected chi connectivity index (χ0v) is 20.1. The summed E-state index contributed by atoms with van der Waals surface area (Å²) in [5, 5.41) is 0. The molecule has 0 spiro atoms. The third-order valence-electron chi connectivity index (χ3n) is 9.50. The van der Waals surface area contributed by atoms with E-state index in [0.29, 0.717) is 22.9 Å². The molecule has 0 N–H and O–H groups in total. The molecule has 0 saturated heterocycles. The number of hydrogen-bond acceptors (Lipinski definition) is 2. The van der Waals surface area contributed by atoms with E-state index >= 15 is 0 Å². The summed E-state index contributed by atoms with van der Waals surface area (Å²) in [6.45, 7) is 14.3. The first-order valence-corrected chi connectivity index (χ1v) is 15.3. The molecule has 0 aromatic rings. The molecule has 28 heavy (non-hydrogen) atoms. The Hall–Kier alpha value is -0.413. The van der Waals surface area contributed by atoms with Crippen molar-refractivity contribution in [2.24, 2.45) is 40.4 Å². The molecule has 0 unspecified atom stereocenters. The lowest BCUT2D eigenvalue weighted by Crippen LogP contribution is -2.51. The largest absolute Gasteiger partial charge is 0.414 e. The maximum absolute atomic E-state index is 11.5. The van der Waals surface area contributed by atoms with Gasteiger partial charge < -0.3 is 9.22 Å². The molecule has 0 amide bonds. The number of fused-ring (bicyclic) bond motifs is 5. The topological polar surface area (TPSA) is 26.3 Å². The van der Waals surface area contributed by atoms with Gasteiger partial charge in [-0.25, -0.2) is 0 Å². The highest BCUT2D eigenvalue weighted by Crippen LogP contribution is 2.67. The highest BCUT2D eigenvalue weighted by molar-refractivity contribution is 6.69. The average Bonchev–Trinajstić information content (AvgIpc) is 2.97. The molecule has 4 aliphatic carbocycles. The molecule has 0 aliphatic heterocycles. The summed E-state index contributed by atoms with van der Waals surface area (Å²) in [6.07, 6.45) is 14.7. The van der Waals surface area contributed by atoms with E-state index < -0.39 is 8.32 Å². The van der Waals surface area contributed by atoms with E-state index in [2.05, 4.69) is 46.5 Å². The second-order valence-electron chi connectivity index (χ2n) is 12.1. The molecule has 0 bridgehead atoms. The van der Waals surface area contributed by atoms with Gasteiger partial charge in [0.25, 0.3) is 0 Å². The summed E-state index contributed by atoms with van der Waals surface area (Å²) in [5.74, 6) is 3.35. The van der Waals surface area contributed by atoms with Gasteiger partial charge >= 0.3 is 0 Å². The van der Waals surface area contributed by atoms with Crippen molar-refractivity contribution >= 4 is 14.6 Å². The van der Waals surface area contributed by atoms with Gasteiger partial charge in [0.1, 0.15) is 6.29 Å². The molecule has 0 heterocycles. The van der Waals surface area contributed by atoms with Crippen molar-refractivity contribution in [3.63, 3.8) is 0 Å². The van der Waals surface area contributed by atoms with Gasteiger partial charge in [0.05, 0.1) is 0 Å². The van der Waals surface area contributed by atoms with Crippen LogP contribution in [0.1, 0.15) is 72.1 Å². The van der Waals surface area contributed by atoms with Crippen LogP contribution in [-0.4, -0.2) is 20.7 Å². The molecule has 4 aliphatic rings. The quantitative estimate of drug-likeness (QED) is 0.300. The van der Waals surface area contributed by atoms with Crippen LogP contribution in [0.4, 0.5) is 0 Å². The van der Waals surface area contributed by atoms with Crippen molar-refractivity contribution in [3.05, 3.63) is 11.6 Å². The van der Waals surface area contributed by atoms with E-state index in [0.717, 1.165) is 17.8 Å². The molecule has 3 fully saturated rings. The van der Waals surface area contributed by atoms with Gasteiger partial charge in [-0.2, -0.15) is 0 Å². The first kappa shape index (κ1) is 20.8. The van der Waals surface area contributed by atoms with Crippen LogP contribution in [0.5, 0.6) is 0 Å². The predicted molar refractivity (Wildman–Crippen MR) is 119 cm³/mol. The minimum atomic E-state index is -1.47. The average molecular weight is 403 g/mol. The van der Waals surface area contributed by atoms with Crippen LogP contribution < -0.4 is 0 Å². The van der Waals surface area contributed by atoms with Crippen molar-refractivity contribution in [1.82, 2.24) is 0 Å². The number of aldehydes is 1. The first-order valence-electron chi connectivity index (χ1n) is 11.9. The van der Waals surface area contributed by atoms with Crippen LogP contribution in [0.3, 0.4) is 0 Å². The monoisotopic (exact) mass is 402 g/mol. The van der Waals surface area contributed by atoms with Crippen LogP contribution in [-0.2, 0) is 9.22 Å². The lowest BCUT2D eigenvalue weighted by Gasteiger charge is -2.58. The van der Waals surface area contributed by atoms with E-state index in [1.807, 2.05) is 0 Å². The van der Waals surface area contributed by atoms with Crippen LogP contribution in [0.2, 0.25) is 19.6 Å². The normalized spacial score (nSPS) is 46.8. The van der Waals surface area contributed by atoms with Crippen molar-refractivity contribution < 1.29 is 9.22 Å². The third-order valence-corrected chi connectivity index (χ3v) is 10.5. The fraction of sp³-hybridized carbons (Fsp3) is 0.880. The predicted octanol–water partition coefficient (Wildman–Crippen LogP) is 6.62. The van der Waals surface area contributed by atoms with Gasteiger partial charge in [0.2, 0.25) is 0 Å². The number of allylic oxidation sites excluding steroid dienone is 1. The Morgan fingerprint density at radius 3 is 2.54 bits per heavy atom. The lowest BCUT2D eigenvalue weighted by molar-refractivity contribution is -0.115. The fourth-order valence-electron chi connectivity index (χ4n) is 8.23. The summed E-state index contributed by atoms with van der Waals surface area (Å²) in [5.41, 5.74) is 2.52. The molecule has 8 atom stereocenters. The van der Waals surface area contributed by atoms with Crippen LogP contribution in [0.25, 0.3) is 0 Å². The minimum absolute atomic E-state index is 0.228. The lowest BCUT2D eigenvalue weighted by atomic mass is 9.47. The van der Waals surface area contributed by atoms with Gasteiger partial charge in [0.15, 0.2) is 8.32 Å². The molecular formula is C25H42O2Si. The van der Waals surface area contributed by atoms with Crippen molar-refractivity contribution in [2.45, 2.75) is 97.9 Å². The standard InChI is InChI=1S/C25H42O2Si/c1-17(16-26)21-9-10-22-20-8-7-18-15-19(27-28(4,5)6)11-13-24(18,2)23(20)12-14-25(21,22)3/h7,16-17,19-23H,8-15H2,1-6H3/t17-,19+,20+,21-,22+,23+,24+,25-/m1/s1. The van der Waals surface area contributed by atoms with Gasteiger partial charge in [-0.3, -0.25) is 0 Å². The van der Waals surface area contributed by atoms with Crippen LogP contribution in [0.15, 0.2) is 11.6 Å². The first-order chi connectivity index (χ1) is 13.1. The van der Waals surface area contributed by atoms with E-state index in [-0.39, 0.29) is 5.92 Å². The van der Waals surface area contributed by atoms with E-state index in [4.69, 9.17) is 4.43 Å². The van der Waals surface area contributed by atoms with Gasteiger partial charge in [-0.1, -0.05) is 32.4 Å². The molecular weight excluding hydrogens is 360 g/mol. The van der Waals surface area contributed by atoms with Gasteiger partial charge in [-0.05, 0) is 106 Å². The second-order valence-corrected chi connectivity index (χ2v) is 16.5. The van der Waals surface area contributed by atoms with Crippen LogP contribution >= 0.6 is 0 Å². The summed E-state index contributed by atoms with van der Waals surface area (Å²) in [4.78, 5) is 11.5. The zero-order chi connectivity index (χ0) is 20.3. The highest BCUT2D eigenvalue weighted by atomic mass is 28.4. The number of hydrogen-bond donors (Lipinski definition) is 0. The number of carbonyl (C=O) groups excluding carboxylic acids is 1. The molecule has 3 heteroatoms.